The summed E-state index contributed by atoms with van der Waals surface area (Å²) in [7, 11) is 0. The molecule has 0 unspecified atom stereocenters. The van der Waals surface area contributed by atoms with Crippen LogP contribution in [0.3, 0.4) is 0 Å². The number of anilines is 1. The van der Waals surface area contributed by atoms with Crippen molar-refractivity contribution in [1.82, 2.24) is 9.97 Å². The number of nitrogens with one attached hydrogen (secondary N) is 1. The second kappa shape index (κ2) is 4.92. The van der Waals surface area contributed by atoms with Gasteiger partial charge in [0.15, 0.2) is 11.6 Å². The van der Waals surface area contributed by atoms with Crippen molar-refractivity contribution in [3.8, 4) is 11.6 Å². The lowest BCUT2D eigenvalue weighted by atomic mass is 10.3. The van der Waals surface area contributed by atoms with E-state index in [1.54, 1.807) is 6.92 Å². The molecule has 1 aromatic carbocycles. The van der Waals surface area contributed by atoms with E-state index in [2.05, 4.69) is 15.4 Å². The predicted octanol–water partition coefficient (Wildman–Crippen LogP) is 2.14. The minimum Gasteiger partial charge on any atom is -0.438 e. The van der Waals surface area contributed by atoms with Crippen molar-refractivity contribution in [3.05, 3.63) is 41.7 Å². The van der Waals surface area contributed by atoms with Gasteiger partial charge in [0, 0.05) is 6.07 Å². The van der Waals surface area contributed by atoms with Crippen molar-refractivity contribution in [2.45, 2.75) is 6.92 Å². The Kier molecular flexibility index (Phi) is 3.33. The normalized spacial score (nSPS) is 10.2. The molecule has 5 nitrogen and oxygen atoms in total. The molecule has 1 aromatic heterocycles. The summed E-state index contributed by atoms with van der Waals surface area (Å²) in [5.41, 5.74) is 2.94. The van der Waals surface area contributed by atoms with E-state index < -0.39 is 11.6 Å². The van der Waals surface area contributed by atoms with Gasteiger partial charge in [0.05, 0.1) is 5.56 Å². The second-order valence-corrected chi connectivity index (χ2v) is 3.47. The predicted molar refractivity (Wildman–Crippen MR) is 61.0 cm³/mol. The zero-order chi connectivity index (χ0) is 13.1. The Labute approximate surface area is 102 Å². The molecule has 2 rings (SSSR count). The average molecular weight is 252 g/mol. The average Bonchev–Trinajstić information content (AvgIpc) is 2.36. The Morgan fingerprint density at radius 3 is 2.67 bits per heavy atom. The number of nitrogens with zero attached hydrogens (tertiary/aromatic N) is 2. The van der Waals surface area contributed by atoms with Crippen LogP contribution in [0.2, 0.25) is 0 Å². The molecule has 18 heavy (non-hydrogen) atoms. The largest absolute Gasteiger partial charge is 0.438 e. The summed E-state index contributed by atoms with van der Waals surface area (Å²) >= 11 is 0. The Morgan fingerprint density at radius 2 is 2.00 bits per heavy atom. The minimum atomic E-state index is -0.989. The lowest BCUT2D eigenvalue weighted by molar-refractivity contribution is 0.444. The minimum absolute atomic E-state index is 0.138. The van der Waals surface area contributed by atoms with Gasteiger partial charge < -0.3 is 10.2 Å². The summed E-state index contributed by atoms with van der Waals surface area (Å²) in [5, 5.41) is 0. The first-order valence-corrected chi connectivity index (χ1v) is 5.03. The number of hydrazine groups is 1. The summed E-state index contributed by atoms with van der Waals surface area (Å²) < 4.78 is 31.1. The van der Waals surface area contributed by atoms with Crippen LogP contribution < -0.4 is 16.0 Å². The lowest BCUT2D eigenvalue weighted by Gasteiger charge is -2.09. The molecule has 2 aromatic rings. The van der Waals surface area contributed by atoms with Crippen molar-refractivity contribution in [1.29, 1.82) is 0 Å². The first-order chi connectivity index (χ1) is 8.61. The first kappa shape index (κ1) is 12.2. The van der Waals surface area contributed by atoms with Crippen LogP contribution in [0.15, 0.2) is 24.5 Å². The molecule has 94 valence electrons. The maximum absolute atomic E-state index is 13.0. The highest BCUT2D eigenvalue weighted by molar-refractivity contribution is 5.47. The third kappa shape index (κ3) is 2.35. The molecule has 0 radical (unpaired) electrons. The molecule has 0 spiro atoms. The van der Waals surface area contributed by atoms with Crippen molar-refractivity contribution in [2.75, 3.05) is 5.43 Å². The molecule has 0 saturated heterocycles. The highest BCUT2D eigenvalue weighted by Crippen LogP contribution is 2.26. The Bertz CT molecular complexity index is 577. The highest BCUT2D eigenvalue weighted by atomic mass is 19.2. The van der Waals surface area contributed by atoms with Gasteiger partial charge in [-0.25, -0.2) is 24.6 Å². The number of aromatic nitrogens is 2. The molecule has 0 aliphatic carbocycles. The van der Waals surface area contributed by atoms with Gasteiger partial charge in [-0.1, -0.05) is 0 Å². The summed E-state index contributed by atoms with van der Waals surface area (Å²) in [4.78, 5) is 7.76. The molecule has 0 aliphatic heterocycles. The fourth-order valence-corrected chi connectivity index (χ4v) is 1.33. The molecule has 0 aliphatic rings. The van der Waals surface area contributed by atoms with Crippen LogP contribution in [0, 0.1) is 18.6 Å². The number of nitrogen functional groups attached to an aromatic ring is 1. The van der Waals surface area contributed by atoms with Crippen LogP contribution in [0.25, 0.3) is 0 Å². The molecule has 0 saturated carbocycles. The highest BCUT2D eigenvalue weighted by Gasteiger charge is 2.10. The van der Waals surface area contributed by atoms with Gasteiger partial charge in [-0.3, -0.25) is 0 Å². The summed E-state index contributed by atoms with van der Waals surface area (Å²) in [6.07, 6.45) is 1.25. The standard InChI is InChI=1S/C11H10F2N4O/c1-6-10(17-14)15-5-16-11(6)18-7-2-3-8(12)9(13)4-7/h2-5H,14H2,1H3,(H,15,16,17). The first-order valence-electron chi connectivity index (χ1n) is 5.03. The SMILES string of the molecule is Cc1c(NN)ncnc1Oc1ccc(F)c(F)c1. The van der Waals surface area contributed by atoms with E-state index in [0.29, 0.717) is 11.4 Å². The van der Waals surface area contributed by atoms with Crippen LogP contribution in [-0.2, 0) is 0 Å². The Morgan fingerprint density at radius 1 is 1.22 bits per heavy atom. The van der Waals surface area contributed by atoms with E-state index in [4.69, 9.17) is 10.6 Å². The topological polar surface area (TPSA) is 73.1 Å². The van der Waals surface area contributed by atoms with E-state index in [1.165, 1.54) is 12.4 Å². The number of nitrogens with two attached hydrogens (primary N) is 1. The fourth-order valence-electron chi connectivity index (χ4n) is 1.33. The number of ether oxygens (including phenoxy) is 1. The summed E-state index contributed by atoms with van der Waals surface area (Å²) in [6.45, 7) is 1.68. The number of rotatable bonds is 3. The molecule has 0 atom stereocenters. The molecule has 3 N–H and O–H groups in total. The van der Waals surface area contributed by atoms with E-state index >= 15 is 0 Å². The van der Waals surface area contributed by atoms with Gasteiger partial charge in [0.1, 0.15) is 17.9 Å². The second-order valence-electron chi connectivity index (χ2n) is 3.47. The van der Waals surface area contributed by atoms with Gasteiger partial charge in [0.2, 0.25) is 5.88 Å². The van der Waals surface area contributed by atoms with Crippen molar-refractivity contribution < 1.29 is 13.5 Å². The molecule has 7 heteroatoms. The lowest BCUT2D eigenvalue weighted by Crippen LogP contribution is -2.11. The molecule has 1 heterocycles. The van der Waals surface area contributed by atoms with Gasteiger partial charge >= 0.3 is 0 Å². The van der Waals surface area contributed by atoms with Gasteiger partial charge in [-0.15, -0.1) is 0 Å². The number of halogens is 2. The molecule has 0 bridgehead atoms. The Balaban J connectivity index is 2.31. The van der Waals surface area contributed by atoms with Gasteiger partial charge in [0.25, 0.3) is 0 Å². The number of hydrogen-bond donors (Lipinski definition) is 2. The number of hydrogen-bond acceptors (Lipinski definition) is 5. The van der Waals surface area contributed by atoms with Crippen LogP contribution in [-0.4, -0.2) is 9.97 Å². The van der Waals surface area contributed by atoms with Crippen LogP contribution in [0.1, 0.15) is 5.56 Å². The van der Waals surface area contributed by atoms with Gasteiger partial charge in [-0.2, -0.15) is 0 Å². The maximum Gasteiger partial charge on any atom is 0.227 e. The fraction of sp³-hybridized carbons (Fsp3) is 0.0909. The smallest absolute Gasteiger partial charge is 0.227 e. The van der Waals surface area contributed by atoms with E-state index in [1.807, 2.05) is 0 Å². The van der Waals surface area contributed by atoms with E-state index in [0.717, 1.165) is 12.1 Å². The Hall–Kier alpha value is -2.28. The molecule has 0 fully saturated rings. The summed E-state index contributed by atoms with van der Waals surface area (Å²) in [6, 6.07) is 3.21. The summed E-state index contributed by atoms with van der Waals surface area (Å²) in [5.74, 6) is 4.06. The third-order valence-electron chi connectivity index (χ3n) is 2.28. The van der Waals surface area contributed by atoms with Crippen LogP contribution in [0.5, 0.6) is 11.6 Å². The molecular weight excluding hydrogens is 242 g/mol. The zero-order valence-corrected chi connectivity index (χ0v) is 9.45. The van der Waals surface area contributed by atoms with Crippen molar-refractivity contribution in [3.63, 3.8) is 0 Å². The quantitative estimate of drug-likeness (QED) is 0.646. The zero-order valence-electron chi connectivity index (χ0n) is 9.45. The van der Waals surface area contributed by atoms with Crippen LogP contribution in [0.4, 0.5) is 14.6 Å². The molecule has 0 amide bonds. The maximum atomic E-state index is 13.0. The monoisotopic (exact) mass is 252 g/mol. The third-order valence-corrected chi connectivity index (χ3v) is 2.28. The van der Waals surface area contributed by atoms with Crippen molar-refractivity contribution >= 4 is 5.82 Å². The number of benzene rings is 1. The molecular formula is C11H10F2N4O. The van der Waals surface area contributed by atoms with E-state index in [-0.39, 0.29) is 11.6 Å². The van der Waals surface area contributed by atoms with Crippen LogP contribution >= 0.6 is 0 Å². The van der Waals surface area contributed by atoms with E-state index in [9.17, 15) is 8.78 Å². The van der Waals surface area contributed by atoms with Gasteiger partial charge in [-0.05, 0) is 19.1 Å². The van der Waals surface area contributed by atoms with Crippen molar-refractivity contribution in [2.24, 2.45) is 5.84 Å².